The molecule has 8 heteroatoms. The molecule has 3 aromatic heterocycles. The van der Waals surface area contributed by atoms with Crippen LogP contribution >= 0.6 is 11.6 Å². The van der Waals surface area contributed by atoms with Crippen molar-refractivity contribution in [3.63, 3.8) is 0 Å². The van der Waals surface area contributed by atoms with Crippen molar-refractivity contribution in [2.45, 2.75) is 13.5 Å². The molecule has 0 aliphatic carbocycles. The smallest absolute Gasteiger partial charge is 0.235 e. The number of aryl methyl sites for hydroxylation is 1. The molecule has 4 rings (SSSR count). The summed E-state index contributed by atoms with van der Waals surface area (Å²) in [5.74, 6) is 1.09. The summed E-state index contributed by atoms with van der Waals surface area (Å²) >= 11 is 6.45. The second-order valence-electron chi connectivity index (χ2n) is 5.63. The Balaban J connectivity index is 2.06. The standard InChI is InChI=1S/C17H15ClN6O/c1-9-12(5-19)16(11-3-2-10(20)4-13(11)18)24-7-14(23-17(24)22-9)15-6-21-8-25-15/h2-4,6-8H,5,19-20H2,1H3. The fourth-order valence-electron chi connectivity index (χ4n) is 2.87. The highest BCUT2D eigenvalue weighted by atomic mass is 35.5. The Bertz CT molecular complexity index is 1070. The van der Waals surface area contributed by atoms with Crippen LogP contribution < -0.4 is 11.5 Å². The van der Waals surface area contributed by atoms with Gasteiger partial charge in [-0.1, -0.05) is 11.6 Å². The van der Waals surface area contributed by atoms with E-state index in [0.717, 1.165) is 22.5 Å². The summed E-state index contributed by atoms with van der Waals surface area (Å²) in [6.45, 7) is 2.22. The quantitative estimate of drug-likeness (QED) is 0.547. The van der Waals surface area contributed by atoms with Gasteiger partial charge in [0, 0.05) is 35.2 Å². The maximum absolute atomic E-state index is 6.45. The average Bonchev–Trinajstić information content (AvgIpc) is 3.23. The molecule has 0 saturated carbocycles. The third-order valence-electron chi connectivity index (χ3n) is 4.06. The lowest BCUT2D eigenvalue weighted by atomic mass is 10.0. The van der Waals surface area contributed by atoms with E-state index in [1.807, 2.05) is 23.6 Å². The van der Waals surface area contributed by atoms with Gasteiger partial charge in [0.2, 0.25) is 5.78 Å². The summed E-state index contributed by atoms with van der Waals surface area (Å²) in [5, 5.41) is 0.538. The van der Waals surface area contributed by atoms with Gasteiger partial charge < -0.3 is 15.9 Å². The zero-order chi connectivity index (χ0) is 17.6. The van der Waals surface area contributed by atoms with Gasteiger partial charge in [-0.2, -0.15) is 0 Å². The summed E-state index contributed by atoms with van der Waals surface area (Å²) in [5.41, 5.74) is 16.4. The second-order valence-corrected chi connectivity index (χ2v) is 6.04. The summed E-state index contributed by atoms with van der Waals surface area (Å²) < 4.78 is 7.20. The molecule has 0 unspecified atom stereocenters. The number of halogens is 1. The molecule has 0 bridgehead atoms. The van der Waals surface area contributed by atoms with Gasteiger partial charge in [0.05, 0.1) is 16.9 Å². The predicted octanol–water partition coefficient (Wildman–Crippen LogP) is 3.05. The molecule has 25 heavy (non-hydrogen) atoms. The zero-order valence-corrected chi connectivity index (χ0v) is 14.2. The average molecular weight is 355 g/mol. The van der Waals surface area contributed by atoms with E-state index in [-0.39, 0.29) is 0 Å². The predicted molar refractivity (Wildman–Crippen MR) is 96.0 cm³/mol. The maximum Gasteiger partial charge on any atom is 0.235 e. The first kappa shape index (κ1) is 15.6. The molecule has 126 valence electrons. The Hall–Kier alpha value is -2.90. The van der Waals surface area contributed by atoms with Crippen molar-refractivity contribution in [1.82, 2.24) is 19.4 Å². The number of rotatable bonds is 3. The van der Waals surface area contributed by atoms with Gasteiger partial charge in [-0.05, 0) is 25.1 Å². The number of nitrogen functional groups attached to an aromatic ring is 1. The lowest BCUT2D eigenvalue weighted by molar-refractivity contribution is 0.570. The number of imidazole rings is 1. The molecule has 0 atom stereocenters. The van der Waals surface area contributed by atoms with Gasteiger partial charge in [0.1, 0.15) is 5.69 Å². The normalized spacial score (nSPS) is 11.3. The lowest BCUT2D eigenvalue weighted by Crippen LogP contribution is -2.09. The number of benzene rings is 1. The number of hydrogen-bond donors (Lipinski definition) is 2. The molecule has 0 saturated heterocycles. The summed E-state index contributed by atoms with van der Waals surface area (Å²) in [6.07, 6.45) is 4.80. The number of anilines is 1. The van der Waals surface area contributed by atoms with Crippen LogP contribution in [0.1, 0.15) is 11.3 Å². The Morgan fingerprint density at radius 2 is 2.12 bits per heavy atom. The molecule has 0 fully saturated rings. The van der Waals surface area contributed by atoms with E-state index in [2.05, 4.69) is 15.0 Å². The Morgan fingerprint density at radius 3 is 2.80 bits per heavy atom. The van der Waals surface area contributed by atoms with E-state index in [1.54, 1.807) is 18.3 Å². The van der Waals surface area contributed by atoms with Crippen LogP contribution in [0.5, 0.6) is 0 Å². The molecule has 0 aliphatic rings. The topological polar surface area (TPSA) is 108 Å². The van der Waals surface area contributed by atoms with Crippen LogP contribution in [-0.4, -0.2) is 19.4 Å². The van der Waals surface area contributed by atoms with Crippen molar-refractivity contribution in [3.8, 4) is 22.7 Å². The van der Waals surface area contributed by atoms with Gasteiger partial charge in [0.25, 0.3) is 0 Å². The fraction of sp³-hybridized carbons (Fsp3) is 0.118. The molecular weight excluding hydrogens is 340 g/mol. The molecule has 4 N–H and O–H groups in total. The molecule has 3 heterocycles. The minimum atomic E-state index is 0.320. The van der Waals surface area contributed by atoms with E-state index >= 15 is 0 Å². The fourth-order valence-corrected chi connectivity index (χ4v) is 3.15. The molecule has 0 radical (unpaired) electrons. The molecule has 0 aliphatic heterocycles. The SMILES string of the molecule is Cc1nc2nc(-c3cnco3)cn2c(-c2ccc(N)cc2Cl)c1CN. The molecule has 7 nitrogen and oxygen atoms in total. The third kappa shape index (κ3) is 2.54. The number of fused-ring (bicyclic) bond motifs is 1. The van der Waals surface area contributed by atoms with Gasteiger partial charge >= 0.3 is 0 Å². The number of hydrogen-bond acceptors (Lipinski definition) is 6. The van der Waals surface area contributed by atoms with Crippen molar-refractivity contribution in [1.29, 1.82) is 0 Å². The zero-order valence-electron chi connectivity index (χ0n) is 13.4. The summed E-state index contributed by atoms with van der Waals surface area (Å²) in [4.78, 5) is 13.0. The molecule has 0 spiro atoms. The Labute approximate surface area is 148 Å². The van der Waals surface area contributed by atoms with Crippen LogP contribution in [0.4, 0.5) is 5.69 Å². The van der Waals surface area contributed by atoms with E-state index in [4.69, 9.17) is 27.5 Å². The highest BCUT2D eigenvalue weighted by Crippen LogP contribution is 2.34. The molecule has 1 aromatic carbocycles. The first-order chi connectivity index (χ1) is 12.1. The van der Waals surface area contributed by atoms with Crippen molar-refractivity contribution in [2.75, 3.05) is 5.73 Å². The van der Waals surface area contributed by atoms with Crippen LogP contribution in [0.3, 0.4) is 0 Å². The van der Waals surface area contributed by atoms with Crippen molar-refractivity contribution < 1.29 is 4.42 Å². The van der Waals surface area contributed by atoms with Crippen LogP contribution in [0.15, 0.2) is 41.4 Å². The van der Waals surface area contributed by atoms with E-state index in [0.29, 0.717) is 34.5 Å². The molecular formula is C17H15ClN6O. The Kier molecular flexibility index (Phi) is 3.67. The Morgan fingerprint density at radius 1 is 1.28 bits per heavy atom. The minimum Gasteiger partial charge on any atom is -0.442 e. The van der Waals surface area contributed by atoms with E-state index in [1.165, 1.54) is 6.39 Å². The number of oxazole rings is 1. The second kappa shape index (κ2) is 5.87. The number of nitrogens with two attached hydrogens (primary N) is 2. The largest absolute Gasteiger partial charge is 0.442 e. The molecule has 4 aromatic rings. The van der Waals surface area contributed by atoms with Crippen molar-refractivity contribution >= 4 is 23.1 Å². The van der Waals surface area contributed by atoms with Gasteiger partial charge in [-0.25, -0.2) is 15.0 Å². The van der Waals surface area contributed by atoms with E-state index < -0.39 is 0 Å². The summed E-state index contributed by atoms with van der Waals surface area (Å²) in [6, 6.07) is 5.39. The molecule has 0 amide bonds. The van der Waals surface area contributed by atoms with Crippen LogP contribution in [0.2, 0.25) is 5.02 Å². The van der Waals surface area contributed by atoms with Gasteiger partial charge in [-0.15, -0.1) is 0 Å². The van der Waals surface area contributed by atoms with Crippen molar-refractivity contribution in [3.05, 3.63) is 53.3 Å². The minimum absolute atomic E-state index is 0.320. The van der Waals surface area contributed by atoms with Crippen LogP contribution in [-0.2, 0) is 6.54 Å². The van der Waals surface area contributed by atoms with E-state index in [9.17, 15) is 0 Å². The highest BCUT2D eigenvalue weighted by molar-refractivity contribution is 6.33. The first-order valence-electron chi connectivity index (χ1n) is 7.61. The van der Waals surface area contributed by atoms with Gasteiger partial charge in [0.15, 0.2) is 12.2 Å². The number of aromatic nitrogens is 4. The van der Waals surface area contributed by atoms with Crippen LogP contribution in [0, 0.1) is 6.92 Å². The monoisotopic (exact) mass is 354 g/mol. The lowest BCUT2D eigenvalue weighted by Gasteiger charge is -2.14. The van der Waals surface area contributed by atoms with Gasteiger partial charge in [-0.3, -0.25) is 4.40 Å². The number of nitrogens with zero attached hydrogens (tertiary/aromatic N) is 4. The third-order valence-corrected chi connectivity index (χ3v) is 4.37. The first-order valence-corrected chi connectivity index (χ1v) is 7.99. The van der Waals surface area contributed by atoms with Crippen LogP contribution in [0.25, 0.3) is 28.5 Å². The summed E-state index contributed by atoms with van der Waals surface area (Å²) in [7, 11) is 0. The maximum atomic E-state index is 6.45. The van der Waals surface area contributed by atoms with Crippen molar-refractivity contribution in [2.24, 2.45) is 5.73 Å². The highest BCUT2D eigenvalue weighted by Gasteiger charge is 2.19.